The second kappa shape index (κ2) is 9.27. The van der Waals surface area contributed by atoms with Crippen molar-refractivity contribution in [3.8, 4) is 0 Å². The third-order valence-electron chi connectivity index (χ3n) is 3.17. The lowest BCUT2D eigenvalue weighted by Gasteiger charge is -2.19. The molecule has 0 unspecified atom stereocenters. The van der Waals surface area contributed by atoms with Crippen LogP contribution in [0.25, 0.3) is 0 Å². The van der Waals surface area contributed by atoms with Crippen molar-refractivity contribution in [3.63, 3.8) is 0 Å². The predicted octanol–water partition coefficient (Wildman–Crippen LogP) is -1.78. The molecule has 12 nitrogen and oxygen atoms in total. The van der Waals surface area contributed by atoms with Crippen LogP contribution < -0.4 is 10.3 Å². The molecule has 0 bridgehead atoms. The molecule has 2 heterocycles. The molecule has 6 N–H and O–H groups in total. The molecule has 168 valence electrons. The highest BCUT2D eigenvalue weighted by atomic mass is 32.2. The summed E-state index contributed by atoms with van der Waals surface area (Å²) < 4.78 is 68.0. The number of sulfonamides is 2. The maximum absolute atomic E-state index is 12.5. The Bertz CT molecular complexity index is 974. The van der Waals surface area contributed by atoms with Gasteiger partial charge in [0.25, 0.3) is 0 Å². The van der Waals surface area contributed by atoms with Crippen molar-refractivity contribution in [2.45, 2.75) is 25.0 Å². The van der Waals surface area contributed by atoms with E-state index in [1.165, 1.54) is 13.8 Å². The van der Waals surface area contributed by atoms with Crippen molar-refractivity contribution in [2.75, 3.05) is 11.5 Å². The molecule has 0 saturated heterocycles. The largest absolute Gasteiger partial charge is 0.381 e. The fourth-order valence-electron chi connectivity index (χ4n) is 2.09. The Labute approximate surface area is 171 Å². The number of primary sulfonamides is 2. The minimum Gasteiger partial charge on any atom is -0.381 e. The fourth-order valence-corrected chi connectivity index (χ4v) is 3.92. The SMILES string of the molecule is C[C@@](O)(CS(N)(=O)=O)c1ncc(F)cn1.C[C@](O)(CS(N)(=O)=O)c1ncc(F)cn1. The molecule has 0 saturated carbocycles. The van der Waals surface area contributed by atoms with E-state index in [1.807, 2.05) is 0 Å². The van der Waals surface area contributed by atoms with Crippen molar-refractivity contribution in [1.29, 1.82) is 0 Å². The van der Waals surface area contributed by atoms with Gasteiger partial charge in [-0.05, 0) is 13.8 Å². The molecule has 2 rings (SSSR count). The smallest absolute Gasteiger partial charge is 0.212 e. The van der Waals surface area contributed by atoms with Gasteiger partial charge >= 0.3 is 0 Å². The second-order valence-corrected chi connectivity index (χ2v) is 9.84. The average Bonchev–Trinajstić information content (AvgIpc) is 2.52. The molecule has 0 aromatic carbocycles. The van der Waals surface area contributed by atoms with E-state index in [1.54, 1.807) is 0 Å². The number of aromatic nitrogens is 4. The monoisotopic (exact) mass is 470 g/mol. The van der Waals surface area contributed by atoms with E-state index in [9.17, 15) is 35.8 Å². The highest BCUT2D eigenvalue weighted by Crippen LogP contribution is 2.18. The van der Waals surface area contributed by atoms with E-state index in [2.05, 4.69) is 19.9 Å². The Balaban J connectivity index is 0.000000300. The van der Waals surface area contributed by atoms with Gasteiger partial charge in [0.05, 0.1) is 36.3 Å². The summed E-state index contributed by atoms with van der Waals surface area (Å²) in [6.07, 6.45) is 3.33. The Morgan fingerprint density at radius 1 is 0.767 bits per heavy atom. The van der Waals surface area contributed by atoms with Gasteiger partial charge in [-0.15, -0.1) is 0 Å². The quantitative estimate of drug-likeness (QED) is 0.372. The molecule has 16 heteroatoms. The zero-order chi connectivity index (χ0) is 23.4. The first-order valence-corrected chi connectivity index (χ1v) is 11.3. The lowest BCUT2D eigenvalue weighted by atomic mass is 10.1. The maximum atomic E-state index is 12.5. The van der Waals surface area contributed by atoms with Crippen molar-refractivity contribution >= 4 is 20.0 Å². The van der Waals surface area contributed by atoms with Crippen LogP contribution in [0.5, 0.6) is 0 Å². The summed E-state index contributed by atoms with van der Waals surface area (Å²) in [4.78, 5) is 13.9. The molecule has 0 amide bonds. The molecule has 0 fully saturated rings. The van der Waals surface area contributed by atoms with Crippen LogP contribution in [0.15, 0.2) is 24.8 Å². The standard InChI is InChI=1S/2C7H10FN3O3S/c2*1-7(12,4-15(9,13)14)6-10-2-5(8)3-11-6/h2*2-3,12H,4H2,1H3,(H2,9,13,14)/t2*7-/m10/s1. The number of aliphatic hydroxyl groups is 2. The number of hydrogen-bond acceptors (Lipinski definition) is 10. The van der Waals surface area contributed by atoms with Gasteiger partial charge in [-0.1, -0.05) is 0 Å². The molecule has 0 aliphatic heterocycles. The van der Waals surface area contributed by atoms with Crippen LogP contribution in [-0.2, 0) is 31.2 Å². The molecule has 30 heavy (non-hydrogen) atoms. The van der Waals surface area contributed by atoms with Gasteiger partial charge in [0.1, 0.15) is 11.2 Å². The summed E-state index contributed by atoms with van der Waals surface area (Å²) in [6.45, 7) is 2.37. The van der Waals surface area contributed by atoms with Gasteiger partial charge in [0.15, 0.2) is 23.3 Å². The summed E-state index contributed by atoms with van der Waals surface area (Å²) in [7, 11) is -7.73. The molecule has 2 aromatic rings. The Morgan fingerprint density at radius 2 is 1.00 bits per heavy atom. The summed E-state index contributed by atoms with van der Waals surface area (Å²) >= 11 is 0. The minimum atomic E-state index is -3.86. The van der Waals surface area contributed by atoms with Crippen molar-refractivity contribution in [2.24, 2.45) is 10.3 Å². The third-order valence-corrected chi connectivity index (χ3v) is 5.10. The zero-order valence-electron chi connectivity index (χ0n) is 15.8. The molecule has 0 spiro atoms. The first-order valence-electron chi connectivity index (χ1n) is 7.83. The highest BCUT2D eigenvalue weighted by Gasteiger charge is 2.32. The molecule has 0 aliphatic rings. The number of rotatable bonds is 6. The molecule has 0 radical (unpaired) electrons. The highest BCUT2D eigenvalue weighted by molar-refractivity contribution is 7.89. The first-order chi connectivity index (χ1) is 13.4. The van der Waals surface area contributed by atoms with Crippen LogP contribution in [0.1, 0.15) is 25.5 Å². The molecular weight excluding hydrogens is 450 g/mol. The van der Waals surface area contributed by atoms with Crippen LogP contribution in [-0.4, -0.2) is 58.5 Å². The number of nitrogens with zero attached hydrogens (tertiary/aromatic N) is 4. The minimum absolute atomic E-state index is 0.196. The Hall–Kier alpha value is -2.24. The van der Waals surface area contributed by atoms with E-state index >= 15 is 0 Å². The fraction of sp³-hybridized carbons (Fsp3) is 0.429. The lowest BCUT2D eigenvalue weighted by molar-refractivity contribution is 0.0712. The van der Waals surface area contributed by atoms with Crippen molar-refractivity contribution in [3.05, 3.63) is 48.1 Å². The summed E-state index contributed by atoms with van der Waals surface area (Å²) in [5.41, 5.74) is -3.66. The Morgan fingerprint density at radius 3 is 1.20 bits per heavy atom. The van der Waals surface area contributed by atoms with Gasteiger partial charge < -0.3 is 10.2 Å². The van der Waals surface area contributed by atoms with Crippen LogP contribution in [0.4, 0.5) is 8.78 Å². The molecule has 0 aliphatic carbocycles. The van der Waals surface area contributed by atoms with Crippen molar-refractivity contribution < 1.29 is 35.8 Å². The van der Waals surface area contributed by atoms with Gasteiger partial charge in [-0.3, -0.25) is 0 Å². The van der Waals surface area contributed by atoms with E-state index in [-0.39, 0.29) is 11.6 Å². The van der Waals surface area contributed by atoms with Gasteiger partial charge in [0, 0.05) is 0 Å². The molecule has 2 aromatic heterocycles. The van der Waals surface area contributed by atoms with Crippen LogP contribution in [0.2, 0.25) is 0 Å². The van der Waals surface area contributed by atoms with Crippen LogP contribution in [0, 0.1) is 11.6 Å². The normalized spacial score (nSPS) is 16.0. The molecular formula is C14H20F2N6O6S2. The number of nitrogens with two attached hydrogens (primary N) is 2. The summed E-state index contributed by atoms with van der Waals surface area (Å²) in [5, 5.41) is 29.0. The van der Waals surface area contributed by atoms with Gasteiger partial charge in [0.2, 0.25) is 20.0 Å². The Kier molecular flexibility index (Phi) is 7.97. The van der Waals surface area contributed by atoms with E-state index in [0.717, 1.165) is 24.8 Å². The first kappa shape index (κ1) is 25.8. The second-order valence-electron chi connectivity index (χ2n) is 6.61. The van der Waals surface area contributed by atoms with Crippen LogP contribution in [0.3, 0.4) is 0 Å². The van der Waals surface area contributed by atoms with E-state index < -0.39 is 54.4 Å². The van der Waals surface area contributed by atoms with Crippen LogP contribution >= 0.6 is 0 Å². The number of halogens is 2. The van der Waals surface area contributed by atoms with Gasteiger partial charge in [-0.25, -0.2) is 55.8 Å². The zero-order valence-corrected chi connectivity index (χ0v) is 17.4. The lowest BCUT2D eigenvalue weighted by Crippen LogP contribution is -2.36. The molecule has 2 atom stereocenters. The average molecular weight is 470 g/mol. The van der Waals surface area contributed by atoms with Crippen molar-refractivity contribution in [1.82, 2.24) is 19.9 Å². The maximum Gasteiger partial charge on any atom is 0.212 e. The van der Waals surface area contributed by atoms with E-state index in [4.69, 9.17) is 10.3 Å². The number of hydrogen-bond donors (Lipinski definition) is 4. The third kappa shape index (κ3) is 9.06. The topological polar surface area (TPSA) is 212 Å². The summed E-state index contributed by atoms with van der Waals surface area (Å²) in [6, 6.07) is 0. The van der Waals surface area contributed by atoms with E-state index in [0.29, 0.717) is 0 Å². The van der Waals surface area contributed by atoms with Gasteiger partial charge in [-0.2, -0.15) is 0 Å². The summed E-state index contributed by atoms with van der Waals surface area (Å²) in [5.74, 6) is -3.21. The predicted molar refractivity (Wildman–Crippen MR) is 99.1 cm³/mol.